The van der Waals surface area contributed by atoms with Crippen molar-refractivity contribution in [2.45, 2.75) is 25.4 Å². The molecule has 5 heteroatoms. The second-order valence-corrected chi connectivity index (χ2v) is 5.90. The summed E-state index contributed by atoms with van der Waals surface area (Å²) in [5.41, 5.74) is 2.13. The number of rotatable bonds is 4. The number of aromatic nitrogens is 2. The van der Waals surface area contributed by atoms with Crippen LogP contribution in [0.5, 0.6) is 0 Å². The summed E-state index contributed by atoms with van der Waals surface area (Å²) in [4.78, 5) is 6.77. The van der Waals surface area contributed by atoms with Crippen LogP contribution in [0.1, 0.15) is 12.7 Å². The van der Waals surface area contributed by atoms with Crippen LogP contribution >= 0.6 is 27.5 Å². The van der Waals surface area contributed by atoms with Gasteiger partial charge in [-0.1, -0.05) is 15.9 Å². The zero-order valence-electron chi connectivity index (χ0n) is 10.8. The minimum Gasteiger partial charge on any atom is -0.325 e. The largest absolute Gasteiger partial charge is 0.325 e. The Morgan fingerprint density at radius 2 is 2.17 bits per heavy atom. The summed E-state index contributed by atoms with van der Waals surface area (Å²) in [5, 5.41) is 0. The van der Waals surface area contributed by atoms with E-state index in [4.69, 9.17) is 11.6 Å². The molecule has 1 aromatic carbocycles. The molecule has 0 fully saturated rings. The monoisotopic (exact) mass is 329 g/mol. The average Bonchev–Trinajstić information content (AvgIpc) is 2.67. The maximum absolute atomic E-state index is 6.00. The first-order valence-corrected chi connectivity index (χ1v) is 7.22. The van der Waals surface area contributed by atoms with Crippen LogP contribution in [0.3, 0.4) is 0 Å². The van der Waals surface area contributed by atoms with Crippen LogP contribution < -0.4 is 0 Å². The number of likely N-dealkylation sites (N-methyl/N-ethyl adjacent to an activating group) is 1. The number of fused-ring (bicyclic) bond motifs is 1. The molecule has 0 amide bonds. The van der Waals surface area contributed by atoms with Gasteiger partial charge >= 0.3 is 0 Å². The first-order valence-electron chi connectivity index (χ1n) is 5.90. The molecule has 3 nitrogen and oxygen atoms in total. The second-order valence-electron chi connectivity index (χ2n) is 4.72. The highest BCUT2D eigenvalue weighted by Gasteiger charge is 2.13. The minimum absolute atomic E-state index is 0.434. The van der Waals surface area contributed by atoms with Gasteiger partial charge in [0.25, 0.3) is 0 Å². The number of benzene rings is 1. The molecule has 0 spiro atoms. The molecule has 0 radical (unpaired) electrons. The van der Waals surface area contributed by atoms with E-state index in [0.29, 0.717) is 11.9 Å². The van der Waals surface area contributed by atoms with Gasteiger partial charge in [-0.15, -0.1) is 11.6 Å². The molecule has 2 rings (SSSR count). The first-order chi connectivity index (χ1) is 8.52. The van der Waals surface area contributed by atoms with Crippen molar-refractivity contribution in [3.63, 3.8) is 0 Å². The summed E-state index contributed by atoms with van der Waals surface area (Å²) in [6, 6.07) is 6.56. The number of alkyl halides is 1. The van der Waals surface area contributed by atoms with Crippen molar-refractivity contribution in [1.82, 2.24) is 14.5 Å². The highest BCUT2D eigenvalue weighted by atomic mass is 79.9. The average molecular weight is 331 g/mol. The van der Waals surface area contributed by atoms with Crippen molar-refractivity contribution in [3.05, 3.63) is 28.5 Å². The molecule has 0 saturated heterocycles. The van der Waals surface area contributed by atoms with E-state index in [0.717, 1.165) is 27.9 Å². The molecular formula is C13H17BrClN3. The van der Waals surface area contributed by atoms with Crippen LogP contribution in [0.4, 0.5) is 0 Å². The predicted molar refractivity (Wildman–Crippen MR) is 80.1 cm³/mol. The van der Waals surface area contributed by atoms with Crippen LogP contribution in [0.2, 0.25) is 0 Å². The molecular weight excluding hydrogens is 314 g/mol. The Morgan fingerprint density at radius 3 is 2.78 bits per heavy atom. The van der Waals surface area contributed by atoms with Crippen molar-refractivity contribution in [2.75, 3.05) is 14.1 Å². The molecule has 1 atom stereocenters. The van der Waals surface area contributed by atoms with Crippen LogP contribution in [-0.2, 0) is 12.4 Å². The Hall–Kier alpha value is -0.580. The Bertz CT molecular complexity index is 550. The van der Waals surface area contributed by atoms with Crippen LogP contribution in [0.25, 0.3) is 11.0 Å². The molecule has 0 aliphatic rings. The van der Waals surface area contributed by atoms with E-state index in [1.807, 2.05) is 12.1 Å². The third-order valence-electron chi connectivity index (χ3n) is 3.24. The second kappa shape index (κ2) is 5.59. The number of hydrogen-bond acceptors (Lipinski definition) is 2. The van der Waals surface area contributed by atoms with Crippen LogP contribution in [0.15, 0.2) is 22.7 Å². The van der Waals surface area contributed by atoms with E-state index >= 15 is 0 Å². The number of imidazole rings is 1. The van der Waals surface area contributed by atoms with Gasteiger partial charge in [0.1, 0.15) is 5.82 Å². The summed E-state index contributed by atoms with van der Waals surface area (Å²) < 4.78 is 3.27. The molecule has 1 aromatic heterocycles. The molecule has 0 aliphatic heterocycles. The van der Waals surface area contributed by atoms with Crippen molar-refractivity contribution in [2.24, 2.45) is 0 Å². The van der Waals surface area contributed by atoms with Crippen LogP contribution in [-0.4, -0.2) is 34.6 Å². The molecule has 18 heavy (non-hydrogen) atoms. The predicted octanol–water partition coefficient (Wildman–Crippen LogP) is 3.49. The van der Waals surface area contributed by atoms with Gasteiger partial charge in [0.15, 0.2) is 0 Å². The summed E-state index contributed by atoms with van der Waals surface area (Å²) in [6.45, 7) is 3.09. The maximum Gasteiger partial charge on any atom is 0.124 e. The van der Waals surface area contributed by atoms with E-state index < -0.39 is 0 Å². The van der Waals surface area contributed by atoms with Crippen molar-refractivity contribution >= 4 is 38.6 Å². The highest BCUT2D eigenvalue weighted by Crippen LogP contribution is 2.22. The summed E-state index contributed by atoms with van der Waals surface area (Å²) >= 11 is 9.51. The molecule has 0 bridgehead atoms. The molecule has 2 aromatic rings. The van der Waals surface area contributed by atoms with Gasteiger partial charge < -0.3 is 9.47 Å². The Labute approximate surface area is 121 Å². The summed E-state index contributed by atoms with van der Waals surface area (Å²) in [5.74, 6) is 1.37. The van der Waals surface area contributed by atoms with Gasteiger partial charge in [-0.25, -0.2) is 4.98 Å². The van der Waals surface area contributed by atoms with Gasteiger partial charge in [0.2, 0.25) is 0 Å². The first kappa shape index (κ1) is 13.8. The Balaban J connectivity index is 2.48. The number of halogens is 2. The molecule has 98 valence electrons. The maximum atomic E-state index is 6.00. The zero-order valence-corrected chi connectivity index (χ0v) is 13.2. The highest BCUT2D eigenvalue weighted by molar-refractivity contribution is 9.10. The van der Waals surface area contributed by atoms with Gasteiger partial charge in [0, 0.05) is 17.1 Å². The van der Waals surface area contributed by atoms with Gasteiger partial charge in [0.05, 0.1) is 16.9 Å². The molecule has 0 aliphatic carbocycles. The van der Waals surface area contributed by atoms with E-state index in [2.05, 4.69) is 57.5 Å². The lowest BCUT2D eigenvalue weighted by Crippen LogP contribution is -2.29. The molecule has 1 heterocycles. The van der Waals surface area contributed by atoms with E-state index in [9.17, 15) is 0 Å². The van der Waals surface area contributed by atoms with Gasteiger partial charge in [-0.3, -0.25) is 0 Å². The zero-order chi connectivity index (χ0) is 13.3. The fraction of sp³-hybridized carbons (Fsp3) is 0.462. The normalized spacial score (nSPS) is 13.4. The topological polar surface area (TPSA) is 21.1 Å². The number of nitrogens with zero attached hydrogens (tertiary/aromatic N) is 3. The van der Waals surface area contributed by atoms with E-state index in [1.165, 1.54) is 0 Å². The minimum atomic E-state index is 0.434. The van der Waals surface area contributed by atoms with Gasteiger partial charge in [-0.05, 0) is 39.2 Å². The quantitative estimate of drug-likeness (QED) is 0.800. The molecule has 0 N–H and O–H groups in total. The summed E-state index contributed by atoms with van der Waals surface area (Å²) in [7, 11) is 4.17. The standard InChI is InChI=1S/C13H17BrClN3/c1-9(17(2)3)8-18-12-6-10(14)4-5-11(12)16-13(18)7-15/h4-6,9H,7-8H2,1-3H3. The van der Waals surface area contributed by atoms with Crippen molar-refractivity contribution in [1.29, 1.82) is 0 Å². The van der Waals surface area contributed by atoms with Crippen molar-refractivity contribution < 1.29 is 0 Å². The Kier molecular flexibility index (Phi) is 4.30. The third-order valence-corrected chi connectivity index (χ3v) is 3.97. The SMILES string of the molecule is CC(Cn1c(CCl)nc2ccc(Br)cc21)N(C)C. The Morgan fingerprint density at radius 1 is 1.44 bits per heavy atom. The molecule has 1 unspecified atom stereocenters. The lowest BCUT2D eigenvalue weighted by atomic mass is 10.3. The van der Waals surface area contributed by atoms with Crippen molar-refractivity contribution in [3.8, 4) is 0 Å². The van der Waals surface area contributed by atoms with E-state index in [1.54, 1.807) is 0 Å². The number of hydrogen-bond donors (Lipinski definition) is 0. The fourth-order valence-electron chi connectivity index (χ4n) is 1.88. The molecule has 0 saturated carbocycles. The third kappa shape index (κ3) is 2.71. The van der Waals surface area contributed by atoms with Crippen LogP contribution in [0, 0.1) is 0 Å². The lowest BCUT2D eigenvalue weighted by molar-refractivity contribution is 0.284. The lowest BCUT2D eigenvalue weighted by Gasteiger charge is -2.21. The van der Waals surface area contributed by atoms with Gasteiger partial charge in [-0.2, -0.15) is 0 Å². The fourth-order valence-corrected chi connectivity index (χ4v) is 2.43. The van der Waals surface area contributed by atoms with E-state index in [-0.39, 0.29) is 0 Å². The smallest absolute Gasteiger partial charge is 0.124 e. The summed E-state index contributed by atoms with van der Waals surface area (Å²) in [6.07, 6.45) is 0.